The molecule has 2 fully saturated rings. The van der Waals surface area contributed by atoms with E-state index in [1.807, 2.05) is 0 Å². The van der Waals surface area contributed by atoms with E-state index >= 15 is 0 Å². The lowest BCUT2D eigenvalue weighted by molar-refractivity contribution is -0.146. The Balaban J connectivity index is 2.05. The van der Waals surface area contributed by atoms with Gasteiger partial charge in [-0.2, -0.15) is 0 Å². The maximum absolute atomic E-state index is 11.7. The van der Waals surface area contributed by atoms with Crippen LogP contribution in [0.3, 0.4) is 0 Å². The van der Waals surface area contributed by atoms with Crippen LogP contribution in [0.1, 0.15) is 39.5 Å². The van der Waals surface area contributed by atoms with Crippen molar-refractivity contribution >= 4 is 5.97 Å². The smallest absolute Gasteiger partial charge is 0.334 e. The van der Waals surface area contributed by atoms with Crippen molar-refractivity contribution in [3.8, 4) is 0 Å². The van der Waals surface area contributed by atoms with Crippen LogP contribution in [0.4, 0.5) is 0 Å². The predicted octanol–water partition coefficient (Wildman–Crippen LogP) is 3.24. The summed E-state index contributed by atoms with van der Waals surface area (Å²) in [5.74, 6) is 0.680. The van der Waals surface area contributed by atoms with Gasteiger partial charge in [0.1, 0.15) is 6.10 Å². The maximum atomic E-state index is 11.7. The van der Waals surface area contributed by atoms with Crippen LogP contribution >= 0.6 is 0 Å². The topological polar surface area (TPSA) is 26.3 Å². The second-order valence-electron chi connectivity index (χ2n) is 5.99. The number of ether oxygens (including phenoxy) is 1. The SMILES string of the molecule is C=C1C(=O)OC2C1CCC1=CCCC(C)C12C. The number of hydrogen-bond acceptors (Lipinski definition) is 2. The summed E-state index contributed by atoms with van der Waals surface area (Å²) in [6, 6.07) is 0. The minimum atomic E-state index is -0.166. The van der Waals surface area contributed by atoms with Gasteiger partial charge in [0.15, 0.2) is 0 Å². The molecule has 4 unspecified atom stereocenters. The molecule has 4 atom stereocenters. The lowest BCUT2D eigenvalue weighted by Gasteiger charge is -2.49. The van der Waals surface area contributed by atoms with E-state index in [2.05, 4.69) is 26.5 Å². The molecule has 1 aliphatic heterocycles. The molecule has 0 amide bonds. The molecule has 0 N–H and O–H groups in total. The summed E-state index contributed by atoms with van der Waals surface area (Å²) in [7, 11) is 0. The summed E-state index contributed by atoms with van der Waals surface area (Å²) in [4.78, 5) is 11.7. The second-order valence-corrected chi connectivity index (χ2v) is 5.99. The normalized spacial score (nSPS) is 44.8. The molecule has 17 heavy (non-hydrogen) atoms. The summed E-state index contributed by atoms with van der Waals surface area (Å²) in [6.07, 6.45) is 6.94. The summed E-state index contributed by atoms with van der Waals surface area (Å²) < 4.78 is 5.64. The first-order valence-electron chi connectivity index (χ1n) is 6.64. The highest BCUT2D eigenvalue weighted by molar-refractivity contribution is 5.91. The lowest BCUT2D eigenvalue weighted by atomic mass is 9.56. The van der Waals surface area contributed by atoms with Gasteiger partial charge < -0.3 is 4.74 Å². The van der Waals surface area contributed by atoms with Crippen molar-refractivity contribution < 1.29 is 9.53 Å². The van der Waals surface area contributed by atoms with Gasteiger partial charge in [0.05, 0.1) is 0 Å². The summed E-state index contributed by atoms with van der Waals surface area (Å²) in [5, 5.41) is 0. The van der Waals surface area contributed by atoms with Crippen LogP contribution < -0.4 is 0 Å². The van der Waals surface area contributed by atoms with Gasteiger partial charge in [-0.05, 0) is 31.6 Å². The van der Waals surface area contributed by atoms with Crippen molar-refractivity contribution in [2.24, 2.45) is 17.3 Å². The van der Waals surface area contributed by atoms with Crippen LogP contribution in [0.25, 0.3) is 0 Å². The van der Waals surface area contributed by atoms with Crippen molar-refractivity contribution in [3.05, 3.63) is 23.8 Å². The van der Waals surface area contributed by atoms with Crippen LogP contribution in [0.5, 0.6) is 0 Å². The van der Waals surface area contributed by atoms with E-state index in [0.717, 1.165) is 12.8 Å². The van der Waals surface area contributed by atoms with E-state index in [1.54, 1.807) is 0 Å². The number of carbonyl (C=O) groups is 1. The molecule has 1 saturated carbocycles. The molecule has 2 heteroatoms. The summed E-state index contributed by atoms with van der Waals surface area (Å²) in [6.45, 7) is 8.50. The van der Waals surface area contributed by atoms with Gasteiger partial charge in [-0.1, -0.05) is 32.1 Å². The Labute approximate surface area is 103 Å². The molecule has 1 heterocycles. The molecule has 92 valence electrons. The van der Waals surface area contributed by atoms with Crippen LogP contribution in [0.2, 0.25) is 0 Å². The fourth-order valence-corrected chi connectivity index (χ4v) is 3.96. The predicted molar refractivity (Wildman–Crippen MR) is 66.3 cm³/mol. The van der Waals surface area contributed by atoms with Crippen LogP contribution in [-0.2, 0) is 9.53 Å². The van der Waals surface area contributed by atoms with E-state index < -0.39 is 0 Å². The fraction of sp³-hybridized carbons (Fsp3) is 0.667. The molecule has 1 saturated heterocycles. The molecule has 3 rings (SSSR count). The van der Waals surface area contributed by atoms with Gasteiger partial charge in [0.2, 0.25) is 0 Å². The van der Waals surface area contributed by atoms with Crippen molar-refractivity contribution in [1.29, 1.82) is 0 Å². The van der Waals surface area contributed by atoms with Crippen LogP contribution in [-0.4, -0.2) is 12.1 Å². The Kier molecular flexibility index (Phi) is 2.26. The molecule has 3 aliphatic rings. The molecule has 0 bridgehead atoms. The van der Waals surface area contributed by atoms with Crippen molar-refractivity contribution in [3.63, 3.8) is 0 Å². The van der Waals surface area contributed by atoms with E-state index in [0.29, 0.717) is 11.5 Å². The second kappa shape index (κ2) is 3.47. The maximum Gasteiger partial charge on any atom is 0.334 e. The molecule has 0 aromatic carbocycles. The van der Waals surface area contributed by atoms with Gasteiger partial charge in [-0.15, -0.1) is 0 Å². The number of rotatable bonds is 0. The molecule has 0 spiro atoms. The zero-order chi connectivity index (χ0) is 12.2. The first kappa shape index (κ1) is 11.1. The number of fused-ring (bicyclic) bond motifs is 3. The van der Waals surface area contributed by atoms with Gasteiger partial charge in [0, 0.05) is 16.9 Å². The van der Waals surface area contributed by atoms with Crippen molar-refractivity contribution in [1.82, 2.24) is 0 Å². The largest absolute Gasteiger partial charge is 0.457 e. The Hall–Kier alpha value is -1.05. The number of allylic oxidation sites excluding steroid dienone is 1. The van der Waals surface area contributed by atoms with Gasteiger partial charge in [-0.25, -0.2) is 4.79 Å². The average molecular weight is 232 g/mol. The fourth-order valence-electron chi connectivity index (χ4n) is 3.96. The number of hydrogen-bond donors (Lipinski definition) is 0. The molecule has 0 aromatic rings. The van der Waals surface area contributed by atoms with E-state index in [9.17, 15) is 4.79 Å². The molecule has 0 aromatic heterocycles. The van der Waals surface area contributed by atoms with Crippen molar-refractivity contribution in [2.75, 3.05) is 0 Å². The van der Waals surface area contributed by atoms with Crippen LogP contribution in [0, 0.1) is 17.3 Å². The highest BCUT2D eigenvalue weighted by atomic mass is 16.6. The first-order valence-corrected chi connectivity index (χ1v) is 6.64. The Morgan fingerprint density at radius 1 is 1.47 bits per heavy atom. The minimum Gasteiger partial charge on any atom is -0.457 e. The van der Waals surface area contributed by atoms with E-state index in [-0.39, 0.29) is 23.4 Å². The van der Waals surface area contributed by atoms with Gasteiger partial charge >= 0.3 is 5.97 Å². The van der Waals surface area contributed by atoms with Crippen LogP contribution in [0.15, 0.2) is 23.8 Å². The van der Waals surface area contributed by atoms with E-state index in [1.165, 1.54) is 18.4 Å². The highest BCUT2D eigenvalue weighted by Crippen LogP contribution is 2.56. The number of esters is 1. The Bertz CT molecular complexity index is 421. The number of carbonyl (C=O) groups excluding carboxylic acids is 1. The van der Waals surface area contributed by atoms with Gasteiger partial charge in [-0.3, -0.25) is 0 Å². The quantitative estimate of drug-likeness (QED) is 0.364. The third-order valence-electron chi connectivity index (χ3n) is 5.33. The molecular formula is C15H20O2. The first-order chi connectivity index (χ1) is 8.05. The Morgan fingerprint density at radius 3 is 3.00 bits per heavy atom. The summed E-state index contributed by atoms with van der Waals surface area (Å²) in [5.41, 5.74) is 2.27. The highest BCUT2D eigenvalue weighted by Gasteiger charge is 2.55. The third-order valence-corrected chi connectivity index (χ3v) is 5.33. The van der Waals surface area contributed by atoms with E-state index in [4.69, 9.17) is 4.74 Å². The zero-order valence-electron chi connectivity index (χ0n) is 10.7. The molecule has 2 nitrogen and oxygen atoms in total. The molecular weight excluding hydrogens is 212 g/mol. The third kappa shape index (κ3) is 1.30. The minimum absolute atomic E-state index is 0.0396. The lowest BCUT2D eigenvalue weighted by Crippen LogP contribution is -2.47. The van der Waals surface area contributed by atoms with Crippen molar-refractivity contribution in [2.45, 2.75) is 45.6 Å². The average Bonchev–Trinajstić information content (AvgIpc) is 2.59. The van der Waals surface area contributed by atoms with Gasteiger partial charge in [0.25, 0.3) is 0 Å². The molecule has 2 aliphatic carbocycles. The Morgan fingerprint density at radius 2 is 2.24 bits per heavy atom. The summed E-state index contributed by atoms with van der Waals surface area (Å²) >= 11 is 0. The zero-order valence-corrected chi connectivity index (χ0v) is 10.7. The molecule has 0 radical (unpaired) electrons. The standard InChI is InChI=1S/C15H20O2/c1-9-5-4-6-11-7-8-12-10(2)14(16)17-13(12)15(9,11)3/h6,9,12-13H,2,4-5,7-8H2,1,3H3. The monoisotopic (exact) mass is 232 g/mol.